The van der Waals surface area contributed by atoms with Crippen molar-refractivity contribution in [1.82, 2.24) is 9.88 Å². The van der Waals surface area contributed by atoms with Gasteiger partial charge in [-0.05, 0) is 35.6 Å². The van der Waals surface area contributed by atoms with E-state index in [2.05, 4.69) is 47.1 Å². The number of rotatable bonds is 2. The number of nitrogens with zero attached hydrogens (tertiary/aromatic N) is 2. The van der Waals surface area contributed by atoms with E-state index in [0.717, 1.165) is 26.1 Å². The largest absolute Gasteiger partial charge is 0.373 e. The molecule has 0 saturated heterocycles. The minimum Gasteiger partial charge on any atom is -0.294 e. The standard InChI is InChI=1S/C16H18N2.CO2/c1-13-9-17-10-15-12-18(8-7-16(13)15)11-14-5-3-2-4-6-14;2-1-3/h2-6,9-10H,7-8,11-12H2,1H3;. The summed E-state index contributed by atoms with van der Waals surface area (Å²) >= 11 is 0. The molecule has 1 aliphatic rings. The van der Waals surface area contributed by atoms with E-state index in [-0.39, 0.29) is 6.15 Å². The van der Waals surface area contributed by atoms with Crippen molar-refractivity contribution in [2.45, 2.75) is 26.4 Å². The molecule has 4 nitrogen and oxygen atoms in total. The smallest absolute Gasteiger partial charge is 0.294 e. The minimum atomic E-state index is 0.250. The van der Waals surface area contributed by atoms with Gasteiger partial charge in [0, 0.05) is 32.0 Å². The maximum atomic E-state index is 8.12. The first-order chi connectivity index (χ1) is 10.2. The average Bonchev–Trinajstić information content (AvgIpc) is 2.49. The van der Waals surface area contributed by atoms with Gasteiger partial charge in [-0.15, -0.1) is 0 Å². The summed E-state index contributed by atoms with van der Waals surface area (Å²) in [5, 5.41) is 0. The molecule has 0 saturated carbocycles. The van der Waals surface area contributed by atoms with Crippen molar-refractivity contribution in [2.24, 2.45) is 0 Å². The van der Waals surface area contributed by atoms with Crippen LogP contribution in [0.2, 0.25) is 0 Å². The van der Waals surface area contributed by atoms with Gasteiger partial charge in [-0.2, -0.15) is 9.59 Å². The second kappa shape index (κ2) is 7.48. The van der Waals surface area contributed by atoms with Gasteiger partial charge < -0.3 is 0 Å². The van der Waals surface area contributed by atoms with Crippen LogP contribution >= 0.6 is 0 Å². The predicted molar refractivity (Wildman–Crippen MR) is 78.2 cm³/mol. The van der Waals surface area contributed by atoms with Crippen LogP contribution in [0.4, 0.5) is 0 Å². The van der Waals surface area contributed by atoms with Crippen molar-refractivity contribution in [3.8, 4) is 0 Å². The molecule has 0 radical (unpaired) electrons. The molecule has 0 unspecified atom stereocenters. The van der Waals surface area contributed by atoms with Crippen LogP contribution in [0.25, 0.3) is 0 Å². The number of fused-ring (bicyclic) bond motifs is 1. The molecule has 0 spiro atoms. The van der Waals surface area contributed by atoms with Crippen LogP contribution in [-0.2, 0) is 29.1 Å². The molecular weight excluding hydrogens is 264 g/mol. The van der Waals surface area contributed by atoms with Gasteiger partial charge in [0.25, 0.3) is 0 Å². The first kappa shape index (κ1) is 15.1. The number of pyridine rings is 1. The lowest BCUT2D eigenvalue weighted by molar-refractivity contribution is -0.191. The zero-order valence-corrected chi connectivity index (χ0v) is 12.1. The lowest BCUT2D eigenvalue weighted by Crippen LogP contribution is -2.30. The van der Waals surface area contributed by atoms with Crippen LogP contribution in [0.5, 0.6) is 0 Å². The van der Waals surface area contributed by atoms with Gasteiger partial charge in [0.05, 0.1) is 0 Å². The molecule has 1 aliphatic heterocycles. The maximum absolute atomic E-state index is 8.12. The third-order valence-electron chi connectivity index (χ3n) is 3.68. The highest BCUT2D eigenvalue weighted by molar-refractivity contribution is 5.33. The molecule has 108 valence electrons. The Morgan fingerprint density at radius 3 is 2.62 bits per heavy atom. The molecule has 3 rings (SSSR count). The first-order valence-electron chi connectivity index (χ1n) is 6.92. The molecule has 21 heavy (non-hydrogen) atoms. The fraction of sp³-hybridized carbons (Fsp3) is 0.294. The van der Waals surface area contributed by atoms with Gasteiger partial charge >= 0.3 is 6.15 Å². The fourth-order valence-electron chi connectivity index (χ4n) is 2.71. The van der Waals surface area contributed by atoms with E-state index in [1.54, 1.807) is 0 Å². The number of carbonyl (C=O) groups excluding carboxylic acids is 2. The van der Waals surface area contributed by atoms with Crippen LogP contribution in [-0.4, -0.2) is 22.6 Å². The third kappa shape index (κ3) is 4.09. The molecule has 2 aromatic rings. The van der Waals surface area contributed by atoms with E-state index >= 15 is 0 Å². The normalized spacial score (nSPS) is 13.6. The molecule has 0 bridgehead atoms. The number of hydrogen-bond donors (Lipinski definition) is 0. The second-order valence-electron chi connectivity index (χ2n) is 5.12. The zero-order valence-electron chi connectivity index (χ0n) is 12.1. The molecule has 0 atom stereocenters. The second-order valence-corrected chi connectivity index (χ2v) is 5.12. The monoisotopic (exact) mass is 282 g/mol. The van der Waals surface area contributed by atoms with Gasteiger partial charge in [-0.3, -0.25) is 9.88 Å². The van der Waals surface area contributed by atoms with Crippen LogP contribution in [0.1, 0.15) is 22.3 Å². The van der Waals surface area contributed by atoms with E-state index in [4.69, 9.17) is 9.59 Å². The summed E-state index contributed by atoms with van der Waals surface area (Å²) in [6.07, 6.45) is 5.40. The van der Waals surface area contributed by atoms with Crippen LogP contribution in [0, 0.1) is 6.92 Å². The molecule has 1 aromatic carbocycles. The Hall–Kier alpha value is -2.29. The molecular formula is C17H18N2O2. The van der Waals surface area contributed by atoms with Crippen LogP contribution < -0.4 is 0 Å². The SMILES string of the molecule is Cc1cncc2c1CCN(Cc1ccccc1)C2.O=C=O. The third-order valence-corrected chi connectivity index (χ3v) is 3.68. The lowest BCUT2D eigenvalue weighted by Gasteiger charge is -2.29. The van der Waals surface area contributed by atoms with E-state index in [9.17, 15) is 0 Å². The van der Waals surface area contributed by atoms with Gasteiger partial charge in [0.15, 0.2) is 0 Å². The van der Waals surface area contributed by atoms with Gasteiger partial charge in [-0.1, -0.05) is 30.3 Å². The zero-order chi connectivity index (χ0) is 15.1. The summed E-state index contributed by atoms with van der Waals surface area (Å²) in [5.74, 6) is 0. The maximum Gasteiger partial charge on any atom is 0.373 e. The Kier molecular flexibility index (Phi) is 5.38. The highest BCUT2D eigenvalue weighted by Crippen LogP contribution is 2.22. The van der Waals surface area contributed by atoms with Gasteiger partial charge in [0.2, 0.25) is 0 Å². The van der Waals surface area contributed by atoms with E-state index in [1.807, 2.05) is 12.4 Å². The lowest BCUT2D eigenvalue weighted by atomic mass is 9.97. The molecule has 0 aliphatic carbocycles. The molecule has 0 N–H and O–H groups in total. The number of hydrogen-bond acceptors (Lipinski definition) is 4. The van der Waals surface area contributed by atoms with E-state index < -0.39 is 0 Å². The van der Waals surface area contributed by atoms with Crippen molar-refractivity contribution in [3.05, 3.63) is 65.0 Å². The number of benzene rings is 1. The summed E-state index contributed by atoms with van der Waals surface area (Å²) < 4.78 is 0. The Morgan fingerprint density at radius 1 is 1.19 bits per heavy atom. The summed E-state index contributed by atoms with van der Waals surface area (Å²) in [5.41, 5.74) is 5.64. The van der Waals surface area contributed by atoms with Crippen molar-refractivity contribution >= 4 is 6.15 Å². The highest BCUT2D eigenvalue weighted by Gasteiger charge is 2.17. The quantitative estimate of drug-likeness (QED) is 0.848. The van der Waals surface area contributed by atoms with Crippen molar-refractivity contribution in [1.29, 1.82) is 0 Å². The Balaban J connectivity index is 0.000000497. The van der Waals surface area contributed by atoms with Crippen LogP contribution in [0.3, 0.4) is 0 Å². The Morgan fingerprint density at radius 2 is 1.90 bits per heavy atom. The van der Waals surface area contributed by atoms with Crippen molar-refractivity contribution in [2.75, 3.05) is 6.54 Å². The number of aromatic nitrogens is 1. The van der Waals surface area contributed by atoms with E-state index in [0.29, 0.717) is 0 Å². The molecule has 0 amide bonds. The Labute approximate surface area is 124 Å². The summed E-state index contributed by atoms with van der Waals surface area (Å²) in [6.45, 7) is 5.37. The van der Waals surface area contributed by atoms with Crippen molar-refractivity contribution < 1.29 is 9.59 Å². The topological polar surface area (TPSA) is 50.3 Å². The van der Waals surface area contributed by atoms with Gasteiger partial charge in [0.1, 0.15) is 0 Å². The minimum absolute atomic E-state index is 0.250. The van der Waals surface area contributed by atoms with E-state index in [1.165, 1.54) is 22.3 Å². The summed E-state index contributed by atoms with van der Waals surface area (Å²) in [6, 6.07) is 10.7. The van der Waals surface area contributed by atoms with Crippen molar-refractivity contribution in [3.63, 3.8) is 0 Å². The van der Waals surface area contributed by atoms with Gasteiger partial charge in [-0.25, -0.2) is 0 Å². The molecule has 0 fully saturated rings. The molecule has 1 aromatic heterocycles. The summed E-state index contributed by atoms with van der Waals surface area (Å²) in [7, 11) is 0. The average molecular weight is 282 g/mol. The molecule has 4 heteroatoms. The summed E-state index contributed by atoms with van der Waals surface area (Å²) in [4.78, 5) is 23.1. The van der Waals surface area contributed by atoms with Crippen LogP contribution in [0.15, 0.2) is 42.7 Å². The fourth-order valence-corrected chi connectivity index (χ4v) is 2.71. The molecule has 2 heterocycles. The first-order valence-corrected chi connectivity index (χ1v) is 6.92. The number of aryl methyl sites for hydroxylation is 1. The highest BCUT2D eigenvalue weighted by atomic mass is 16.2. The Bertz CT molecular complexity index is 620. The predicted octanol–water partition coefficient (Wildman–Crippen LogP) is 2.36.